The van der Waals surface area contributed by atoms with Gasteiger partial charge in [0.1, 0.15) is 10.7 Å². The summed E-state index contributed by atoms with van der Waals surface area (Å²) >= 11 is 2.99. The van der Waals surface area contributed by atoms with Crippen LogP contribution in [-0.4, -0.2) is 31.7 Å². The van der Waals surface area contributed by atoms with E-state index < -0.39 is 0 Å². The lowest BCUT2D eigenvalue weighted by Gasteiger charge is -2.12. The molecule has 7 nitrogen and oxygen atoms in total. The molecule has 0 spiro atoms. The van der Waals surface area contributed by atoms with E-state index in [2.05, 4.69) is 32.6 Å². The third kappa shape index (κ3) is 5.75. The van der Waals surface area contributed by atoms with Crippen molar-refractivity contribution in [2.24, 2.45) is 0 Å². The zero-order chi connectivity index (χ0) is 24.7. The number of rotatable bonds is 10. The number of aryl methyl sites for hydroxylation is 1. The summed E-state index contributed by atoms with van der Waals surface area (Å²) in [5.74, 6) is 1.71. The highest BCUT2D eigenvalue weighted by molar-refractivity contribution is 7.98. The van der Waals surface area contributed by atoms with Crippen molar-refractivity contribution in [3.63, 3.8) is 0 Å². The zero-order valence-corrected chi connectivity index (χ0v) is 21.3. The highest BCUT2D eigenvalue weighted by Crippen LogP contribution is 2.30. The minimum Gasteiger partial charge on any atom is -0.461 e. The van der Waals surface area contributed by atoms with Crippen LogP contribution in [0.1, 0.15) is 34.4 Å². The summed E-state index contributed by atoms with van der Waals surface area (Å²) in [4.78, 5) is 17.3. The summed E-state index contributed by atoms with van der Waals surface area (Å²) in [7, 11) is 0. The molecule has 182 valence electrons. The van der Waals surface area contributed by atoms with Gasteiger partial charge in [0.25, 0.3) is 5.91 Å². The Bertz CT molecular complexity index is 1400. The molecule has 1 amide bonds. The molecule has 0 aliphatic rings. The second-order valence-corrected chi connectivity index (χ2v) is 10.2. The van der Waals surface area contributed by atoms with Gasteiger partial charge in [-0.15, -0.1) is 21.5 Å². The maximum absolute atomic E-state index is 12.7. The van der Waals surface area contributed by atoms with Crippen LogP contribution in [0.25, 0.3) is 17.3 Å². The molecule has 1 atom stereocenters. The molecule has 0 bridgehead atoms. The smallest absolute Gasteiger partial charge is 0.270 e. The Balaban J connectivity index is 1.22. The van der Waals surface area contributed by atoms with Gasteiger partial charge in [0, 0.05) is 17.1 Å². The van der Waals surface area contributed by atoms with Crippen LogP contribution in [-0.2, 0) is 12.2 Å². The number of aromatic nitrogens is 4. The standard InChI is InChI=1S/C27H25N5O2S2/c1-19(14-15-20-9-4-2-5-10-20)28-26(33)22-17-35-24(29-22)18-36-27-31-30-25(23-13-8-16-34-23)32(27)21-11-6-3-7-12-21/h2-13,16-17,19H,14-15,18H2,1H3,(H,28,33). The number of amides is 1. The van der Waals surface area contributed by atoms with Gasteiger partial charge in [0.2, 0.25) is 5.82 Å². The molecule has 5 aromatic rings. The fourth-order valence-electron chi connectivity index (χ4n) is 3.74. The van der Waals surface area contributed by atoms with E-state index in [1.807, 2.05) is 77.5 Å². The van der Waals surface area contributed by atoms with Gasteiger partial charge in [0.15, 0.2) is 10.9 Å². The van der Waals surface area contributed by atoms with E-state index in [9.17, 15) is 4.79 Å². The summed E-state index contributed by atoms with van der Waals surface area (Å²) in [6, 6.07) is 24.0. The van der Waals surface area contributed by atoms with Crippen LogP contribution in [0.5, 0.6) is 0 Å². The van der Waals surface area contributed by atoms with Crippen molar-refractivity contribution in [3.8, 4) is 17.3 Å². The number of hydrogen-bond acceptors (Lipinski definition) is 7. The molecule has 9 heteroatoms. The molecule has 2 aromatic carbocycles. The predicted octanol–water partition coefficient (Wildman–Crippen LogP) is 6.03. The van der Waals surface area contributed by atoms with Crippen LogP contribution in [0, 0.1) is 0 Å². The van der Waals surface area contributed by atoms with Gasteiger partial charge in [-0.1, -0.05) is 60.3 Å². The number of carbonyl (C=O) groups excluding carboxylic acids is 1. The summed E-state index contributed by atoms with van der Waals surface area (Å²) in [6.07, 6.45) is 3.41. The average Bonchev–Trinajstić information content (AvgIpc) is 3.68. The quantitative estimate of drug-likeness (QED) is 0.229. The average molecular weight is 516 g/mol. The summed E-state index contributed by atoms with van der Waals surface area (Å²) in [5.41, 5.74) is 2.66. The molecule has 0 saturated carbocycles. The third-order valence-corrected chi connectivity index (χ3v) is 7.56. The van der Waals surface area contributed by atoms with Crippen LogP contribution in [0.3, 0.4) is 0 Å². The second-order valence-electron chi connectivity index (χ2n) is 8.27. The normalized spacial score (nSPS) is 11.9. The van der Waals surface area contributed by atoms with Crippen LogP contribution < -0.4 is 5.32 Å². The topological polar surface area (TPSA) is 85.8 Å². The fourth-order valence-corrected chi connectivity index (χ4v) is 5.49. The molecule has 1 N–H and O–H groups in total. The SMILES string of the molecule is CC(CCc1ccccc1)NC(=O)c1csc(CSc2nnc(-c3ccco3)n2-c2ccccc2)n1. The number of para-hydroxylation sites is 1. The Morgan fingerprint density at radius 3 is 2.58 bits per heavy atom. The summed E-state index contributed by atoms with van der Waals surface area (Å²) in [6.45, 7) is 2.02. The van der Waals surface area contributed by atoms with E-state index in [0.29, 0.717) is 23.0 Å². The Morgan fingerprint density at radius 1 is 1.06 bits per heavy atom. The molecule has 3 heterocycles. The van der Waals surface area contributed by atoms with Crippen molar-refractivity contribution in [2.45, 2.75) is 36.7 Å². The highest BCUT2D eigenvalue weighted by atomic mass is 32.2. The molecular formula is C27H25N5O2S2. The Morgan fingerprint density at radius 2 is 1.83 bits per heavy atom. The first-order chi connectivity index (χ1) is 17.7. The van der Waals surface area contributed by atoms with E-state index in [-0.39, 0.29) is 11.9 Å². The monoisotopic (exact) mass is 515 g/mol. The molecule has 0 aliphatic heterocycles. The molecule has 0 radical (unpaired) electrons. The summed E-state index contributed by atoms with van der Waals surface area (Å²) in [5, 5.41) is 15.2. The molecule has 5 rings (SSSR count). The van der Waals surface area contributed by atoms with Crippen molar-refractivity contribution >= 4 is 29.0 Å². The first-order valence-electron chi connectivity index (χ1n) is 11.6. The Hall–Kier alpha value is -3.69. The first kappa shape index (κ1) is 24.0. The van der Waals surface area contributed by atoms with Gasteiger partial charge < -0.3 is 9.73 Å². The molecule has 0 saturated heterocycles. The number of thioether (sulfide) groups is 1. The van der Waals surface area contributed by atoms with E-state index in [1.54, 1.807) is 6.26 Å². The number of carbonyl (C=O) groups is 1. The lowest BCUT2D eigenvalue weighted by Crippen LogP contribution is -2.33. The van der Waals surface area contributed by atoms with Gasteiger partial charge in [-0.05, 0) is 49.6 Å². The number of nitrogens with zero attached hydrogens (tertiary/aromatic N) is 4. The minimum absolute atomic E-state index is 0.0571. The van der Waals surface area contributed by atoms with E-state index >= 15 is 0 Å². The Labute approximate surface area is 217 Å². The Kier molecular flexibility index (Phi) is 7.58. The number of furan rings is 1. The number of thiazole rings is 1. The van der Waals surface area contributed by atoms with E-state index in [0.717, 1.165) is 28.7 Å². The lowest BCUT2D eigenvalue weighted by atomic mass is 10.1. The fraction of sp³-hybridized carbons (Fsp3) is 0.185. The number of benzene rings is 2. The second kappa shape index (κ2) is 11.4. The number of nitrogens with one attached hydrogen (secondary N) is 1. The largest absolute Gasteiger partial charge is 0.461 e. The molecule has 0 aliphatic carbocycles. The maximum atomic E-state index is 12.7. The highest BCUT2D eigenvalue weighted by Gasteiger charge is 2.19. The van der Waals surface area contributed by atoms with Crippen molar-refractivity contribution in [3.05, 3.63) is 101 Å². The van der Waals surface area contributed by atoms with Crippen LogP contribution in [0.2, 0.25) is 0 Å². The van der Waals surface area contributed by atoms with Crippen LogP contribution in [0.4, 0.5) is 0 Å². The molecular weight excluding hydrogens is 490 g/mol. The van der Waals surface area contributed by atoms with Gasteiger partial charge in [-0.2, -0.15) is 0 Å². The van der Waals surface area contributed by atoms with Crippen molar-refractivity contribution in [1.82, 2.24) is 25.1 Å². The minimum atomic E-state index is -0.143. The predicted molar refractivity (Wildman–Crippen MR) is 142 cm³/mol. The van der Waals surface area contributed by atoms with Crippen molar-refractivity contribution < 1.29 is 9.21 Å². The first-order valence-corrected chi connectivity index (χ1v) is 13.5. The van der Waals surface area contributed by atoms with E-state index in [1.165, 1.54) is 28.7 Å². The van der Waals surface area contributed by atoms with Crippen molar-refractivity contribution in [1.29, 1.82) is 0 Å². The number of hydrogen-bond donors (Lipinski definition) is 1. The van der Waals surface area contributed by atoms with Gasteiger partial charge in [0.05, 0.1) is 12.0 Å². The van der Waals surface area contributed by atoms with Gasteiger partial charge >= 0.3 is 0 Å². The maximum Gasteiger partial charge on any atom is 0.270 e. The van der Waals surface area contributed by atoms with Crippen LogP contribution >= 0.6 is 23.1 Å². The van der Waals surface area contributed by atoms with Gasteiger partial charge in [-0.25, -0.2) is 4.98 Å². The molecule has 1 unspecified atom stereocenters. The van der Waals surface area contributed by atoms with E-state index in [4.69, 9.17) is 4.42 Å². The third-order valence-electron chi connectivity index (χ3n) is 5.58. The van der Waals surface area contributed by atoms with Gasteiger partial charge in [-0.3, -0.25) is 9.36 Å². The summed E-state index contributed by atoms with van der Waals surface area (Å²) < 4.78 is 7.55. The lowest BCUT2D eigenvalue weighted by molar-refractivity contribution is 0.0934. The molecule has 3 aromatic heterocycles. The zero-order valence-electron chi connectivity index (χ0n) is 19.7. The van der Waals surface area contributed by atoms with Crippen LogP contribution in [0.15, 0.2) is 94.0 Å². The van der Waals surface area contributed by atoms with Crippen molar-refractivity contribution in [2.75, 3.05) is 0 Å². The molecule has 36 heavy (non-hydrogen) atoms. The molecule has 0 fully saturated rings.